The fourth-order valence-corrected chi connectivity index (χ4v) is 3.21. The predicted molar refractivity (Wildman–Crippen MR) is 110 cm³/mol. The summed E-state index contributed by atoms with van der Waals surface area (Å²) in [5.41, 5.74) is 1.05. The van der Waals surface area contributed by atoms with E-state index in [1.165, 1.54) is 17.0 Å². The SMILES string of the molecule is O=C(CCCNC(=O)c1ccc(Cl)cc1)Nc1ccc(N2CCCC2=O)c(F)c1. The zero-order valence-corrected chi connectivity index (χ0v) is 16.5. The molecule has 0 radical (unpaired) electrons. The average molecular weight is 418 g/mol. The van der Waals surface area contributed by atoms with Crippen molar-refractivity contribution in [3.8, 4) is 0 Å². The maximum absolute atomic E-state index is 14.3. The van der Waals surface area contributed by atoms with Crippen LogP contribution < -0.4 is 15.5 Å². The molecule has 0 aromatic heterocycles. The first-order valence-electron chi connectivity index (χ1n) is 9.37. The topological polar surface area (TPSA) is 78.5 Å². The Morgan fingerprint density at radius 1 is 1.14 bits per heavy atom. The van der Waals surface area contributed by atoms with Gasteiger partial charge in [-0.1, -0.05) is 11.6 Å². The van der Waals surface area contributed by atoms with Crippen molar-refractivity contribution in [2.45, 2.75) is 25.7 Å². The Labute approximate surface area is 173 Å². The van der Waals surface area contributed by atoms with Crippen LogP contribution in [0.3, 0.4) is 0 Å². The van der Waals surface area contributed by atoms with Crippen LogP contribution in [0.4, 0.5) is 15.8 Å². The molecule has 0 spiro atoms. The molecule has 2 aromatic rings. The number of nitrogens with one attached hydrogen (secondary N) is 2. The number of hydrogen-bond donors (Lipinski definition) is 2. The van der Waals surface area contributed by atoms with Crippen LogP contribution in [0.1, 0.15) is 36.0 Å². The highest BCUT2D eigenvalue weighted by Gasteiger charge is 2.24. The van der Waals surface area contributed by atoms with Gasteiger partial charge >= 0.3 is 0 Å². The maximum Gasteiger partial charge on any atom is 0.251 e. The van der Waals surface area contributed by atoms with Crippen LogP contribution in [0.5, 0.6) is 0 Å². The van der Waals surface area contributed by atoms with E-state index in [1.54, 1.807) is 30.3 Å². The van der Waals surface area contributed by atoms with Gasteiger partial charge in [0, 0.05) is 42.2 Å². The Kier molecular flexibility index (Phi) is 6.82. The maximum atomic E-state index is 14.3. The van der Waals surface area contributed by atoms with Crippen molar-refractivity contribution in [2.24, 2.45) is 0 Å². The van der Waals surface area contributed by atoms with Gasteiger partial charge in [0.05, 0.1) is 5.69 Å². The normalized spacial score (nSPS) is 13.4. The van der Waals surface area contributed by atoms with Gasteiger partial charge in [-0.15, -0.1) is 0 Å². The third-order valence-corrected chi connectivity index (χ3v) is 4.82. The van der Waals surface area contributed by atoms with Gasteiger partial charge in [-0.3, -0.25) is 14.4 Å². The molecule has 3 amide bonds. The first kappa shape index (κ1) is 20.8. The lowest BCUT2D eigenvalue weighted by Crippen LogP contribution is -2.25. The van der Waals surface area contributed by atoms with Crippen LogP contribution in [0, 0.1) is 5.82 Å². The zero-order valence-electron chi connectivity index (χ0n) is 15.7. The molecular formula is C21H21ClFN3O3. The molecule has 1 aliphatic heterocycles. The minimum Gasteiger partial charge on any atom is -0.352 e. The van der Waals surface area contributed by atoms with E-state index in [9.17, 15) is 18.8 Å². The lowest BCUT2D eigenvalue weighted by atomic mass is 10.2. The molecule has 0 atom stereocenters. The number of halogens is 2. The largest absolute Gasteiger partial charge is 0.352 e. The molecule has 0 unspecified atom stereocenters. The lowest BCUT2D eigenvalue weighted by molar-refractivity contribution is -0.117. The van der Waals surface area contributed by atoms with Gasteiger partial charge in [0.15, 0.2) is 0 Å². The zero-order chi connectivity index (χ0) is 20.8. The summed E-state index contributed by atoms with van der Waals surface area (Å²) in [5.74, 6) is -1.17. The Hall–Kier alpha value is -2.93. The molecule has 152 valence electrons. The minimum atomic E-state index is -0.548. The van der Waals surface area contributed by atoms with Crippen LogP contribution in [-0.4, -0.2) is 30.8 Å². The summed E-state index contributed by atoms with van der Waals surface area (Å²) >= 11 is 5.79. The number of benzene rings is 2. The second-order valence-electron chi connectivity index (χ2n) is 6.73. The van der Waals surface area contributed by atoms with Gasteiger partial charge in [-0.25, -0.2) is 4.39 Å². The first-order valence-corrected chi connectivity index (χ1v) is 9.75. The molecule has 2 N–H and O–H groups in total. The van der Waals surface area contributed by atoms with E-state index in [2.05, 4.69) is 10.6 Å². The molecule has 3 rings (SSSR count). The summed E-state index contributed by atoms with van der Waals surface area (Å²) in [5, 5.41) is 5.91. The Bertz CT molecular complexity index is 918. The van der Waals surface area contributed by atoms with Crippen molar-refractivity contribution in [1.82, 2.24) is 5.32 Å². The Morgan fingerprint density at radius 2 is 1.90 bits per heavy atom. The highest BCUT2D eigenvalue weighted by molar-refractivity contribution is 6.30. The molecule has 1 saturated heterocycles. The fraction of sp³-hybridized carbons (Fsp3) is 0.286. The van der Waals surface area contributed by atoms with Crippen molar-refractivity contribution in [1.29, 1.82) is 0 Å². The monoisotopic (exact) mass is 417 g/mol. The summed E-state index contributed by atoms with van der Waals surface area (Å²) in [4.78, 5) is 37.2. The van der Waals surface area contributed by atoms with Crippen molar-refractivity contribution in [3.05, 3.63) is 58.9 Å². The summed E-state index contributed by atoms with van der Waals surface area (Å²) in [6.07, 6.45) is 1.75. The molecule has 0 aliphatic carbocycles. The third-order valence-electron chi connectivity index (χ3n) is 4.57. The number of nitrogens with zero attached hydrogens (tertiary/aromatic N) is 1. The minimum absolute atomic E-state index is 0.0960. The van der Waals surface area contributed by atoms with Crippen molar-refractivity contribution in [2.75, 3.05) is 23.3 Å². The molecule has 8 heteroatoms. The smallest absolute Gasteiger partial charge is 0.251 e. The second-order valence-corrected chi connectivity index (χ2v) is 7.17. The highest BCUT2D eigenvalue weighted by Crippen LogP contribution is 2.26. The molecule has 2 aromatic carbocycles. The molecule has 0 bridgehead atoms. The van der Waals surface area contributed by atoms with Crippen molar-refractivity contribution < 1.29 is 18.8 Å². The van der Waals surface area contributed by atoms with E-state index in [0.717, 1.165) is 0 Å². The average Bonchev–Trinajstić information content (AvgIpc) is 3.11. The number of anilines is 2. The summed E-state index contributed by atoms with van der Waals surface area (Å²) in [6.45, 7) is 0.836. The highest BCUT2D eigenvalue weighted by atomic mass is 35.5. The van der Waals surface area contributed by atoms with Crippen molar-refractivity contribution in [3.63, 3.8) is 0 Å². The number of carbonyl (C=O) groups is 3. The third kappa shape index (κ3) is 5.54. The summed E-state index contributed by atoms with van der Waals surface area (Å²) in [6, 6.07) is 10.8. The van der Waals surface area contributed by atoms with Crippen LogP contribution in [0.15, 0.2) is 42.5 Å². The number of hydrogen-bond acceptors (Lipinski definition) is 3. The molecule has 0 saturated carbocycles. The standard InChI is InChI=1S/C21H21ClFN3O3/c22-15-7-5-14(6-8-15)21(29)24-11-1-3-19(27)25-16-9-10-18(17(23)13-16)26-12-2-4-20(26)28/h5-10,13H,1-4,11-12H2,(H,24,29)(H,25,27). The van der Waals surface area contributed by atoms with E-state index in [0.29, 0.717) is 48.6 Å². The van der Waals surface area contributed by atoms with Crippen LogP contribution in [-0.2, 0) is 9.59 Å². The van der Waals surface area contributed by atoms with Crippen LogP contribution >= 0.6 is 11.6 Å². The molecule has 29 heavy (non-hydrogen) atoms. The molecule has 1 fully saturated rings. The number of carbonyl (C=O) groups excluding carboxylic acids is 3. The van der Waals surface area contributed by atoms with Gasteiger partial charge in [-0.2, -0.15) is 0 Å². The predicted octanol–water partition coefficient (Wildman–Crippen LogP) is 3.75. The Morgan fingerprint density at radius 3 is 2.55 bits per heavy atom. The van der Waals surface area contributed by atoms with E-state index in [4.69, 9.17) is 11.6 Å². The summed E-state index contributed by atoms with van der Waals surface area (Å²) < 4.78 is 14.3. The van der Waals surface area contributed by atoms with Gasteiger partial charge < -0.3 is 15.5 Å². The van der Waals surface area contributed by atoms with Gasteiger partial charge in [0.25, 0.3) is 5.91 Å². The fourth-order valence-electron chi connectivity index (χ4n) is 3.08. The van der Waals surface area contributed by atoms with Gasteiger partial charge in [0.1, 0.15) is 5.82 Å². The number of rotatable bonds is 7. The number of amides is 3. The molecule has 6 nitrogen and oxygen atoms in total. The molecular weight excluding hydrogens is 397 g/mol. The van der Waals surface area contributed by atoms with E-state index >= 15 is 0 Å². The first-order chi connectivity index (χ1) is 13.9. The van der Waals surface area contributed by atoms with Crippen LogP contribution in [0.2, 0.25) is 5.02 Å². The second kappa shape index (κ2) is 9.52. The van der Waals surface area contributed by atoms with E-state index in [1.807, 2.05) is 0 Å². The van der Waals surface area contributed by atoms with Gasteiger partial charge in [0.2, 0.25) is 11.8 Å². The van der Waals surface area contributed by atoms with Gasteiger partial charge in [-0.05, 0) is 55.3 Å². The molecule has 1 aliphatic rings. The quantitative estimate of drug-likeness (QED) is 0.673. The van der Waals surface area contributed by atoms with E-state index < -0.39 is 5.82 Å². The van der Waals surface area contributed by atoms with Crippen molar-refractivity contribution >= 4 is 40.7 Å². The molecule has 1 heterocycles. The summed E-state index contributed by atoms with van der Waals surface area (Å²) in [7, 11) is 0. The van der Waals surface area contributed by atoms with Crippen LogP contribution in [0.25, 0.3) is 0 Å². The lowest BCUT2D eigenvalue weighted by Gasteiger charge is -2.17. The Balaban J connectivity index is 1.43. The van der Waals surface area contributed by atoms with E-state index in [-0.39, 0.29) is 29.8 Å².